The molecule has 0 aliphatic carbocycles. The number of hydrogen-bond donors (Lipinski definition) is 2. The van der Waals surface area contributed by atoms with E-state index in [1.807, 2.05) is 0 Å². The van der Waals surface area contributed by atoms with Crippen molar-refractivity contribution in [2.24, 2.45) is 0 Å². The Bertz CT molecular complexity index is 229. The van der Waals surface area contributed by atoms with E-state index in [4.69, 9.17) is 0 Å². The summed E-state index contributed by atoms with van der Waals surface area (Å²) in [4.78, 5) is 23.9. The molecule has 2 fully saturated rings. The van der Waals surface area contributed by atoms with Gasteiger partial charge in [-0.15, -0.1) is 0 Å². The van der Waals surface area contributed by atoms with Gasteiger partial charge in [0.2, 0.25) is 5.91 Å². The Morgan fingerprint density at radius 2 is 2.25 bits per heavy atom. The van der Waals surface area contributed by atoms with Crippen LogP contribution >= 0.6 is 0 Å². The first-order valence-electron chi connectivity index (χ1n) is 4.08. The molecule has 0 radical (unpaired) electrons. The Morgan fingerprint density at radius 3 is 3.08 bits per heavy atom. The zero-order valence-electron chi connectivity index (χ0n) is 6.67. The molecule has 66 valence electrons. The van der Waals surface area contributed by atoms with Crippen molar-refractivity contribution in [3.05, 3.63) is 0 Å². The summed E-state index contributed by atoms with van der Waals surface area (Å²) in [6.07, 6.45) is 0.429. The lowest BCUT2D eigenvalue weighted by atomic mass is 10.1. The first-order chi connectivity index (χ1) is 5.77. The van der Waals surface area contributed by atoms with Crippen molar-refractivity contribution in [2.75, 3.05) is 19.6 Å². The molecule has 2 saturated heterocycles. The molecule has 2 N–H and O–H groups in total. The van der Waals surface area contributed by atoms with E-state index >= 15 is 0 Å². The molecule has 3 amide bonds. The number of rotatable bonds is 0. The molecule has 2 aliphatic heterocycles. The van der Waals surface area contributed by atoms with Crippen LogP contribution in [0.5, 0.6) is 0 Å². The zero-order valence-corrected chi connectivity index (χ0v) is 6.67. The third-order valence-electron chi connectivity index (χ3n) is 2.28. The van der Waals surface area contributed by atoms with Crippen molar-refractivity contribution in [3.8, 4) is 0 Å². The summed E-state index contributed by atoms with van der Waals surface area (Å²) in [5.41, 5.74) is 0. The van der Waals surface area contributed by atoms with E-state index in [9.17, 15) is 9.59 Å². The van der Waals surface area contributed by atoms with Crippen molar-refractivity contribution in [1.82, 2.24) is 15.5 Å². The smallest absolute Gasteiger partial charge is 0.318 e. The molecule has 0 aromatic heterocycles. The minimum Gasteiger partial charge on any atom is -0.318 e. The largest absolute Gasteiger partial charge is 0.324 e. The SMILES string of the molecule is O=C1CC2CNCCN2C(=O)N1. The topological polar surface area (TPSA) is 61.4 Å². The Labute approximate surface area is 70.1 Å². The molecule has 0 spiro atoms. The van der Waals surface area contributed by atoms with Gasteiger partial charge in [0, 0.05) is 26.1 Å². The molecular formula is C7H11N3O2. The van der Waals surface area contributed by atoms with E-state index < -0.39 is 0 Å². The molecule has 1 unspecified atom stereocenters. The normalized spacial score (nSPS) is 29.7. The molecule has 2 heterocycles. The summed E-state index contributed by atoms with van der Waals surface area (Å²) < 4.78 is 0. The van der Waals surface area contributed by atoms with E-state index in [0.29, 0.717) is 13.0 Å². The first kappa shape index (κ1) is 7.54. The summed E-state index contributed by atoms with van der Waals surface area (Å²) in [7, 11) is 0. The fraction of sp³-hybridized carbons (Fsp3) is 0.714. The van der Waals surface area contributed by atoms with Crippen molar-refractivity contribution in [2.45, 2.75) is 12.5 Å². The maximum atomic E-state index is 11.2. The highest BCUT2D eigenvalue weighted by Gasteiger charge is 2.33. The Hall–Kier alpha value is -1.10. The highest BCUT2D eigenvalue weighted by Crippen LogP contribution is 2.11. The second kappa shape index (κ2) is 2.75. The van der Waals surface area contributed by atoms with Crippen LogP contribution in [0.2, 0.25) is 0 Å². The third kappa shape index (κ3) is 1.16. The molecule has 0 saturated carbocycles. The first-order valence-corrected chi connectivity index (χ1v) is 4.08. The van der Waals surface area contributed by atoms with Gasteiger partial charge < -0.3 is 10.2 Å². The van der Waals surface area contributed by atoms with E-state index in [-0.39, 0.29) is 18.0 Å². The molecule has 0 aromatic carbocycles. The monoisotopic (exact) mass is 169 g/mol. The number of nitrogens with one attached hydrogen (secondary N) is 2. The van der Waals surface area contributed by atoms with Gasteiger partial charge in [0.05, 0.1) is 6.04 Å². The quantitative estimate of drug-likeness (QED) is 0.484. The number of amides is 3. The van der Waals surface area contributed by atoms with E-state index in [1.165, 1.54) is 0 Å². The van der Waals surface area contributed by atoms with Crippen molar-refractivity contribution in [3.63, 3.8) is 0 Å². The number of nitrogens with zero attached hydrogens (tertiary/aromatic N) is 1. The lowest BCUT2D eigenvalue weighted by molar-refractivity contribution is -0.123. The van der Waals surface area contributed by atoms with Gasteiger partial charge in [-0.25, -0.2) is 4.79 Å². The zero-order chi connectivity index (χ0) is 8.55. The van der Waals surface area contributed by atoms with E-state index in [0.717, 1.165) is 13.1 Å². The number of carbonyl (C=O) groups excluding carboxylic acids is 2. The standard InChI is InChI=1S/C7H11N3O2/c11-6-3-5-4-8-1-2-10(5)7(12)9-6/h5,8H,1-4H2,(H,9,11,12). The minimum atomic E-state index is -0.238. The molecular weight excluding hydrogens is 158 g/mol. The molecule has 5 heteroatoms. The van der Waals surface area contributed by atoms with Gasteiger partial charge in [0.1, 0.15) is 0 Å². The summed E-state index contributed by atoms with van der Waals surface area (Å²) in [6.45, 7) is 2.25. The molecule has 0 bridgehead atoms. The molecule has 5 nitrogen and oxygen atoms in total. The molecule has 1 atom stereocenters. The highest BCUT2D eigenvalue weighted by atomic mass is 16.2. The van der Waals surface area contributed by atoms with Gasteiger partial charge >= 0.3 is 6.03 Å². The van der Waals surface area contributed by atoms with Crippen LogP contribution in [0.1, 0.15) is 6.42 Å². The average Bonchev–Trinajstić information content (AvgIpc) is 2.04. The Balaban J connectivity index is 2.11. The van der Waals surface area contributed by atoms with E-state index in [1.54, 1.807) is 4.90 Å². The van der Waals surface area contributed by atoms with Crippen LogP contribution in [0.25, 0.3) is 0 Å². The van der Waals surface area contributed by atoms with Crippen LogP contribution in [-0.4, -0.2) is 42.5 Å². The summed E-state index contributed by atoms with van der Waals surface area (Å²) >= 11 is 0. The van der Waals surface area contributed by atoms with Gasteiger partial charge in [0.25, 0.3) is 0 Å². The fourth-order valence-corrected chi connectivity index (χ4v) is 1.67. The maximum Gasteiger partial charge on any atom is 0.324 e. The number of urea groups is 1. The van der Waals surface area contributed by atoms with Gasteiger partial charge in [-0.05, 0) is 0 Å². The summed E-state index contributed by atoms with van der Waals surface area (Å²) in [5, 5.41) is 5.45. The summed E-state index contributed by atoms with van der Waals surface area (Å²) in [6, 6.07) is -0.169. The third-order valence-corrected chi connectivity index (χ3v) is 2.28. The number of carbonyl (C=O) groups is 2. The maximum absolute atomic E-state index is 11.2. The molecule has 12 heavy (non-hydrogen) atoms. The van der Waals surface area contributed by atoms with Crippen molar-refractivity contribution < 1.29 is 9.59 Å². The number of imide groups is 1. The van der Waals surface area contributed by atoms with Gasteiger partial charge in [-0.1, -0.05) is 0 Å². The van der Waals surface area contributed by atoms with Crippen molar-refractivity contribution >= 4 is 11.9 Å². The van der Waals surface area contributed by atoms with Crippen LogP contribution in [0.3, 0.4) is 0 Å². The van der Waals surface area contributed by atoms with Crippen LogP contribution in [0.4, 0.5) is 4.79 Å². The van der Waals surface area contributed by atoms with Crippen LogP contribution in [-0.2, 0) is 4.79 Å². The Kier molecular flexibility index (Phi) is 1.73. The minimum absolute atomic E-state index is 0.0694. The highest BCUT2D eigenvalue weighted by molar-refractivity contribution is 5.97. The van der Waals surface area contributed by atoms with E-state index in [2.05, 4.69) is 10.6 Å². The average molecular weight is 169 g/mol. The lowest BCUT2D eigenvalue weighted by Gasteiger charge is -2.38. The number of piperazine rings is 1. The lowest BCUT2D eigenvalue weighted by Crippen LogP contribution is -2.62. The van der Waals surface area contributed by atoms with Gasteiger partial charge in [-0.3, -0.25) is 10.1 Å². The van der Waals surface area contributed by atoms with Crippen LogP contribution < -0.4 is 10.6 Å². The number of hydrogen-bond acceptors (Lipinski definition) is 3. The summed E-state index contributed by atoms with van der Waals surface area (Å²) in [5.74, 6) is -0.162. The molecule has 0 aromatic rings. The second-order valence-electron chi connectivity index (χ2n) is 3.11. The van der Waals surface area contributed by atoms with Crippen molar-refractivity contribution in [1.29, 1.82) is 0 Å². The van der Waals surface area contributed by atoms with Gasteiger partial charge in [0.15, 0.2) is 0 Å². The van der Waals surface area contributed by atoms with Crippen LogP contribution in [0, 0.1) is 0 Å². The van der Waals surface area contributed by atoms with Crippen LogP contribution in [0.15, 0.2) is 0 Å². The van der Waals surface area contributed by atoms with Gasteiger partial charge in [-0.2, -0.15) is 0 Å². The fourth-order valence-electron chi connectivity index (χ4n) is 1.67. The Morgan fingerprint density at radius 1 is 1.42 bits per heavy atom. The second-order valence-corrected chi connectivity index (χ2v) is 3.11. The molecule has 2 aliphatic rings. The predicted molar refractivity (Wildman–Crippen MR) is 41.5 cm³/mol. The predicted octanol–water partition coefficient (Wildman–Crippen LogP) is -1.10. The number of fused-ring (bicyclic) bond motifs is 1. The molecule has 2 rings (SSSR count).